The van der Waals surface area contributed by atoms with Crippen molar-refractivity contribution in [1.29, 1.82) is 0 Å². The fourth-order valence-electron chi connectivity index (χ4n) is 1.43. The third kappa shape index (κ3) is 3.89. The van der Waals surface area contributed by atoms with Gasteiger partial charge in [-0.05, 0) is 12.0 Å². The van der Waals surface area contributed by atoms with E-state index in [9.17, 15) is 9.59 Å². The number of rotatable bonds is 5. The summed E-state index contributed by atoms with van der Waals surface area (Å²) in [5, 5.41) is 2.96. The number of carbonyl (C=O) groups is 2. The Morgan fingerprint density at radius 2 is 2.05 bits per heavy atom. The molecule has 3 N–H and O–H groups in total. The van der Waals surface area contributed by atoms with Gasteiger partial charge in [0.1, 0.15) is 4.88 Å². The highest BCUT2D eigenvalue weighted by Crippen LogP contribution is 2.17. The second-order valence-corrected chi connectivity index (χ2v) is 4.81. The average molecular weight is 274 g/mol. The smallest absolute Gasteiger partial charge is 0.260 e. The Labute approximate surface area is 114 Å². The molecule has 1 heterocycles. The topological polar surface area (TPSA) is 85.1 Å². The van der Waals surface area contributed by atoms with E-state index in [1.54, 1.807) is 0 Å². The molecular formula is C13H12N3O2S. The fourth-order valence-corrected chi connectivity index (χ4v) is 2.10. The van der Waals surface area contributed by atoms with Crippen LogP contribution in [-0.4, -0.2) is 16.8 Å². The molecule has 0 saturated heterocycles. The molecule has 0 aliphatic heterocycles. The molecule has 0 atom stereocenters. The Morgan fingerprint density at radius 3 is 2.68 bits per heavy atom. The lowest BCUT2D eigenvalue weighted by atomic mass is 10.1. The Balaban J connectivity index is 1.85. The lowest BCUT2D eigenvalue weighted by Crippen LogP contribution is -2.12. The summed E-state index contributed by atoms with van der Waals surface area (Å²) in [4.78, 5) is 26.7. The number of hydrogen-bond donors (Lipinski definition) is 2. The summed E-state index contributed by atoms with van der Waals surface area (Å²) in [5.41, 5.74) is 6.15. The molecule has 1 radical (unpaired) electrons. The molecule has 97 valence electrons. The zero-order valence-electron chi connectivity index (χ0n) is 10.00. The molecule has 2 rings (SSSR count). The molecule has 0 saturated carbocycles. The van der Waals surface area contributed by atoms with Crippen LogP contribution in [0.2, 0.25) is 0 Å². The van der Waals surface area contributed by atoms with Crippen LogP contribution < -0.4 is 11.1 Å². The van der Waals surface area contributed by atoms with E-state index < -0.39 is 5.91 Å². The van der Waals surface area contributed by atoms with Crippen molar-refractivity contribution in [3.05, 3.63) is 53.4 Å². The van der Waals surface area contributed by atoms with Crippen molar-refractivity contribution >= 4 is 28.3 Å². The van der Waals surface area contributed by atoms with Crippen LogP contribution in [0, 0.1) is 6.42 Å². The summed E-state index contributed by atoms with van der Waals surface area (Å²) in [6.07, 6.45) is 3.42. The monoisotopic (exact) mass is 274 g/mol. The Bertz CT molecular complexity index is 581. The summed E-state index contributed by atoms with van der Waals surface area (Å²) in [6, 6.07) is 9.64. The van der Waals surface area contributed by atoms with Crippen molar-refractivity contribution in [3.63, 3.8) is 0 Å². The number of nitrogens with two attached hydrogens (primary N) is 1. The summed E-state index contributed by atoms with van der Waals surface area (Å²) in [7, 11) is 0. The lowest BCUT2D eigenvalue weighted by Gasteiger charge is -2.01. The van der Waals surface area contributed by atoms with Gasteiger partial charge in [0.2, 0.25) is 5.91 Å². The Morgan fingerprint density at radius 1 is 1.32 bits per heavy atom. The number of benzene rings is 1. The van der Waals surface area contributed by atoms with E-state index in [2.05, 4.69) is 10.3 Å². The first-order valence-corrected chi connectivity index (χ1v) is 6.40. The Kier molecular flexibility index (Phi) is 4.25. The van der Waals surface area contributed by atoms with E-state index in [4.69, 9.17) is 5.73 Å². The van der Waals surface area contributed by atoms with E-state index in [1.807, 2.05) is 30.3 Å². The number of anilines is 1. The molecule has 19 heavy (non-hydrogen) atoms. The van der Waals surface area contributed by atoms with Crippen LogP contribution in [0.15, 0.2) is 36.5 Å². The van der Waals surface area contributed by atoms with Gasteiger partial charge in [0.05, 0.1) is 12.6 Å². The van der Waals surface area contributed by atoms with Crippen LogP contribution in [0.1, 0.15) is 15.2 Å². The van der Waals surface area contributed by atoms with Crippen LogP contribution in [0.25, 0.3) is 0 Å². The van der Waals surface area contributed by atoms with Gasteiger partial charge in [-0.2, -0.15) is 0 Å². The van der Waals surface area contributed by atoms with Crippen molar-refractivity contribution in [2.45, 2.75) is 6.42 Å². The van der Waals surface area contributed by atoms with Gasteiger partial charge in [0.25, 0.3) is 5.91 Å². The summed E-state index contributed by atoms with van der Waals surface area (Å²) >= 11 is 1.05. The molecule has 0 fully saturated rings. The first-order chi connectivity index (χ1) is 9.15. The highest BCUT2D eigenvalue weighted by Gasteiger charge is 2.09. The fraction of sp³-hybridized carbons (Fsp3) is 0.0769. The second-order valence-electron chi connectivity index (χ2n) is 3.78. The normalized spacial score (nSPS) is 10.1. The molecule has 0 unspecified atom stereocenters. The number of aromatic nitrogens is 1. The van der Waals surface area contributed by atoms with Gasteiger partial charge in [-0.1, -0.05) is 41.7 Å². The third-order valence-corrected chi connectivity index (χ3v) is 3.27. The van der Waals surface area contributed by atoms with Crippen molar-refractivity contribution in [1.82, 2.24) is 4.98 Å². The number of amides is 2. The molecule has 1 aromatic carbocycles. The van der Waals surface area contributed by atoms with Gasteiger partial charge in [-0.15, -0.1) is 0 Å². The molecule has 5 nitrogen and oxygen atoms in total. The van der Waals surface area contributed by atoms with Gasteiger partial charge in [-0.25, -0.2) is 4.98 Å². The highest BCUT2D eigenvalue weighted by molar-refractivity contribution is 7.17. The van der Waals surface area contributed by atoms with Crippen LogP contribution in [-0.2, 0) is 11.2 Å². The van der Waals surface area contributed by atoms with Crippen molar-refractivity contribution in [2.75, 3.05) is 5.32 Å². The van der Waals surface area contributed by atoms with Gasteiger partial charge in [0, 0.05) is 0 Å². The van der Waals surface area contributed by atoms with E-state index in [0.717, 1.165) is 16.9 Å². The van der Waals surface area contributed by atoms with Gasteiger partial charge in [-0.3, -0.25) is 9.59 Å². The molecule has 0 aliphatic rings. The van der Waals surface area contributed by atoms with Crippen LogP contribution in [0.3, 0.4) is 0 Å². The standard InChI is InChI=1S/C13H12N3O2S/c14-12(18)10-8-15-13(19-10)16-11(17)7-6-9-4-2-1-3-5-9/h1-5,7-8H,6H2,(H2,14,18)(H,15,16,17). The van der Waals surface area contributed by atoms with Crippen LogP contribution in [0.5, 0.6) is 0 Å². The number of nitrogens with one attached hydrogen (secondary N) is 1. The predicted octanol–water partition coefficient (Wildman–Crippen LogP) is 1.63. The molecule has 0 bridgehead atoms. The minimum Gasteiger partial charge on any atom is -0.365 e. The lowest BCUT2D eigenvalue weighted by molar-refractivity contribution is -0.113. The molecule has 1 aromatic heterocycles. The van der Waals surface area contributed by atoms with Gasteiger partial charge >= 0.3 is 0 Å². The zero-order chi connectivity index (χ0) is 13.7. The number of hydrogen-bond acceptors (Lipinski definition) is 4. The van der Waals surface area contributed by atoms with Crippen molar-refractivity contribution in [3.8, 4) is 0 Å². The molecule has 0 aliphatic carbocycles. The first-order valence-electron chi connectivity index (χ1n) is 5.59. The molecule has 0 spiro atoms. The summed E-state index contributed by atoms with van der Waals surface area (Å²) in [5.74, 6) is -0.805. The molecule has 2 aromatic rings. The average Bonchev–Trinajstić information content (AvgIpc) is 2.86. The minimum absolute atomic E-state index is 0.255. The van der Waals surface area contributed by atoms with E-state index in [0.29, 0.717) is 16.4 Å². The van der Waals surface area contributed by atoms with E-state index >= 15 is 0 Å². The van der Waals surface area contributed by atoms with Crippen molar-refractivity contribution in [2.24, 2.45) is 5.73 Å². The van der Waals surface area contributed by atoms with E-state index in [-0.39, 0.29) is 5.91 Å². The second kappa shape index (κ2) is 6.10. The van der Waals surface area contributed by atoms with Gasteiger partial charge < -0.3 is 11.1 Å². The number of nitrogens with zero attached hydrogens (tertiary/aromatic N) is 1. The molecule has 2 amide bonds. The molecular weight excluding hydrogens is 262 g/mol. The quantitative estimate of drug-likeness (QED) is 0.869. The first kappa shape index (κ1) is 13.2. The summed E-state index contributed by atoms with van der Waals surface area (Å²) in [6.45, 7) is 0. The summed E-state index contributed by atoms with van der Waals surface area (Å²) < 4.78 is 0. The van der Waals surface area contributed by atoms with Crippen LogP contribution in [0.4, 0.5) is 5.13 Å². The number of primary amides is 1. The Hall–Kier alpha value is -2.21. The SMILES string of the molecule is NC(=O)c1cnc(NC(=O)[CH]Cc2ccccc2)s1. The zero-order valence-corrected chi connectivity index (χ0v) is 10.8. The number of thiazole rings is 1. The minimum atomic E-state index is -0.550. The maximum absolute atomic E-state index is 11.6. The number of carbonyl (C=O) groups excluding carboxylic acids is 2. The predicted molar refractivity (Wildman–Crippen MR) is 73.7 cm³/mol. The largest absolute Gasteiger partial charge is 0.365 e. The van der Waals surface area contributed by atoms with Crippen LogP contribution >= 0.6 is 11.3 Å². The van der Waals surface area contributed by atoms with Gasteiger partial charge in [0.15, 0.2) is 5.13 Å². The maximum atomic E-state index is 11.6. The molecule has 6 heteroatoms. The third-order valence-electron chi connectivity index (χ3n) is 2.34. The maximum Gasteiger partial charge on any atom is 0.260 e. The highest BCUT2D eigenvalue weighted by atomic mass is 32.1. The van der Waals surface area contributed by atoms with Crippen molar-refractivity contribution < 1.29 is 9.59 Å². The van der Waals surface area contributed by atoms with E-state index in [1.165, 1.54) is 12.6 Å².